The average Bonchev–Trinajstić information content (AvgIpc) is 2.85. The van der Waals surface area contributed by atoms with E-state index in [0.29, 0.717) is 17.5 Å². The number of aliphatic carboxylic acids is 1. The van der Waals surface area contributed by atoms with Gasteiger partial charge in [0.1, 0.15) is 10.8 Å². The van der Waals surface area contributed by atoms with Gasteiger partial charge in [-0.25, -0.2) is 4.79 Å². The average molecular weight is 397 g/mol. The molecule has 1 aliphatic carbocycles. The molecule has 3 atom stereocenters. The molecule has 3 N–H and O–H groups in total. The van der Waals surface area contributed by atoms with E-state index in [4.69, 9.17) is 33.0 Å². The van der Waals surface area contributed by atoms with Gasteiger partial charge in [-0.05, 0) is 23.6 Å². The van der Waals surface area contributed by atoms with Crippen molar-refractivity contribution in [3.63, 3.8) is 0 Å². The number of benzene rings is 2. The van der Waals surface area contributed by atoms with E-state index in [2.05, 4.69) is 0 Å². The monoisotopic (exact) mass is 396 g/mol. The van der Waals surface area contributed by atoms with Crippen molar-refractivity contribution < 1.29 is 24.9 Å². The summed E-state index contributed by atoms with van der Waals surface area (Å²) in [5, 5.41) is 31.1. The summed E-state index contributed by atoms with van der Waals surface area (Å²) in [6, 6.07) is 10.7. The number of carboxylic acids is 1. The summed E-state index contributed by atoms with van der Waals surface area (Å²) in [5.74, 6) is -1.10. The summed E-state index contributed by atoms with van der Waals surface area (Å²) in [6.07, 6.45) is -1.67. The first-order valence-corrected chi connectivity index (χ1v) is 8.88. The quantitative estimate of drug-likeness (QED) is 0.713. The summed E-state index contributed by atoms with van der Waals surface area (Å²) >= 11 is 12.6. The van der Waals surface area contributed by atoms with Gasteiger partial charge in [-0.15, -0.1) is 0 Å². The smallest absolute Gasteiger partial charge is 0.341 e. The lowest BCUT2D eigenvalue weighted by Crippen LogP contribution is -2.34. The maximum absolute atomic E-state index is 11.1. The molecule has 3 unspecified atom stereocenters. The Bertz CT molecular complexity index is 840. The minimum Gasteiger partial charge on any atom is -0.480 e. The lowest BCUT2D eigenvalue weighted by atomic mass is 9.72. The standard InChI is InChI=1S/C19H18Cl2O5/c1-2-19(10-6-4-3-5-7-10)17(24)11-8-12(26-9-13(22)23)15(20)16(21)14(11)18(19)25/h3-8,17-18,24-25H,2,9H2,1H3,(H,22,23). The molecule has 1 aliphatic rings. The van der Waals surface area contributed by atoms with E-state index in [1.54, 1.807) is 0 Å². The predicted octanol–water partition coefficient (Wildman–Crippen LogP) is 3.89. The first kappa shape index (κ1) is 19.0. The van der Waals surface area contributed by atoms with Crippen LogP contribution >= 0.6 is 23.2 Å². The van der Waals surface area contributed by atoms with Crippen LogP contribution in [-0.4, -0.2) is 27.9 Å². The second kappa shape index (κ2) is 7.08. The van der Waals surface area contributed by atoms with Crippen LogP contribution in [0.25, 0.3) is 0 Å². The van der Waals surface area contributed by atoms with Crippen LogP contribution in [0.15, 0.2) is 36.4 Å². The predicted molar refractivity (Wildman–Crippen MR) is 97.9 cm³/mol. The fourth-order valence-electron chi connectivity index (χ4n) is 3.72. The van der Waals surface area contributed by atoms with Gasteiger partial charge in [-0.2, -0.15) is 0 Å². The summed E-state index contributed by atoms with van der Waals surface area (Å²) < 4.78 is 5.19. The molecule has 0 aliphatic heterocycles. The Balaban J connectivity index is 2.15. The highest BCUT2D eigenvalue weighted by Crippen LogP contribution is 2.59. The minimum atomic E-state index is -1.16. The third kappa shape index (κ3) is 2.76. The molecule has 0 aromatic heterocycles. The van der Waals surface area contributed by atoms with Crippen molar-refractivity contribution in [1.82, 2.24) is 0 Å². The second-order valence-electron chi connectivity index (χ2n) is 6.25. The lowest BCUT2D eigenvalue weighted by Gasteiger charge is -2.35. The van der Waals surface area contributed by atoms with Crippen molar-refractivity contribution in [3.8, 4) is 5.75 Å². The molecule has 3 rings (SSSR count). The fourth-order valence-corrected chi connectivity index (χ4v) is 4.24. The van der Waals surface area contributed by atoms with Crippen LogP contribution in [0.2, 0.25) is 10.0 Å². The van der Waals surface area contributed by atoms with Gasteiger partial charge in [-0.3, -0.25) is 0 Å². The van der Waals surface area contributed by atoms with Crippen molar-refractivity contribution in [1.29, 1.82) is 0 Å². The van der Waals surface area contributed by atoms with Crippen LogP contribution in [-0.2, 0) is 10.2 Å². The number of aliphatic hydroxyl groups excluding tert-OH is 2. The zero-order valence-electron chi connectivity index (χ0n) is 13.9. The lowest BCUT2D eigenvalue weighted by molar-refractivity contribution is -0.139. The Morgan fingerprint density at radius 2 is 1.81 bits per heavy atom. The van der Waals surface area contributed by atoms with Gasteiger partial charge in [0, 0.05) is 5.56 Å². The van der Waals surface area contributed by atoms with E-state index in [1.807, 2.05) is 37.3 Å². The van der Waals surface area contributed by atoms with E-state index in [0.717, 1.165) is 5.56 Å². The Morgan fingerprint density at radius 1 is 1.15 bits per heavy atom. The summed E-state index contributed by atoms with van der Waals surface area (Å²) in [7, 11) is 0. The van der Waals surface area contributed by atoms with Crippen LogP contribution in [0.1, 0.15) is 42.2 Å². The van der Waals surface area contributed by atoms with Gasteiger partial charge >= 0.3 is 5.97 Å². The van der Waals surface area contributed by atoms with Crippen molar-refractivity contribution >= 4 is 29.2 Å². The van der Waals surface area contributed by atoms with E-state index in [1.165, 1.54) is 6.07 Å². The molecule has 0 bridgehead atoms. The Labute approximate surface area is 160 Å². The maximum Gasteiger partial charge on any atom is 0.341 e. The number of fused-ring (bicyclic) bond motifs is 1. The van der Waals surface area contributed by atoms with E-state index in [-0.39, 0.29) is 15.8 Å². The van der Waals surface area contributed by atoms with Gasteiger partial charge < -0.3 is 20.1 Å². The molecule has 0 radical (unpaired) electrons. The van der Waals surface area contributed by atoms with Gasteiger partial charge in [0.05, 0.1) is 22.6 Å². The molecule has 26 heavy (non-hydrogen) atoms. The van der Waals surface area contributed by atoms with Gasteiger partial charge in [0.2, 0.25) is 0 Å². The van der Waals surface area contributed by atoms with Crippen molar-refractivity contribution in [2.75, 3.05) is 6.61 Å². The number of carboxylic acid groups (broad SMARTS) is 1. The SMILES string of the molecule is CCC1(c2ccccc2)C(O)c2cc(OCC(=O)O)c(Cl)c(Cl)c2C1O. The molecule has 138 valence electrons. The molecule has 5 nitrogen and oxygen atoms in total. The highest BCUT2D eigenvalue weighted by atomic mass is 35.5. The molecule has 7 heteroatoms. The molecule has 0 spiro atoms. The van der Waals surface area contributed by atoms with Gasteiger partial charge in [0.25, 0.3) is 0 Å². The Morgan fingerprint density at radius 3 is 2.38 bits per heavy atom. The second-order valence-corrected chi connectivity index (χ2v) is 7.01. The minimum absolute atomic E-state index is 0.0119. The van der Waals surface area contributed by atoms with Crippen LogP contribution in [0.3, 0.4) is 0 Å². The van der Waals surface area contributed by atoms with Crippen molar-refractivity contribution in [2.24, 2.45) is 0 Å². The number of ether oxygens (including phenoxy) is 1. The summed E-state index contributed by atoms with van der Waals surface area (Å²) in [4.78, 5) is 10.8. The first-order chi connectivity index (χ1) is 12.3. The number of hydrogen-bond acceptors (Lipinski definition) is 4. The molecular weight excluding hydrogens is 379 g/mol. The van der Waals surface area contributed by atoms with E-state index < -0.39 is 30.2 Å². The molecule has 0 fully saturated rings. The zero-order valence-corrected chi connectivity index (χ0v) is 15.5. The van der Waals surface area contributed by atoms with Gasteiger partial charge in [0.15, 0.2) is 6.61 Å². The topological polar surface area (TPSA) is 87.0 Å². The van der Waals surface area contributed by atoms with Crippen LogP contribution in [0.5, 0.6) is 5.75 Å². The number of aliphatic hydroxyl groups is 2. The van der Waals surface area contributed by atoms with E-state index >= 15 is 0 Å². The molecule has 0 saturated heterocycles. The normalized spacial score (nSPS) is 24.3. The number of hydrogen-bond donors (Lipinski definition) is 3. The molecule has 0 heterocycles. The third-order valence-corrected chi connectivity index (χ3v) is 5.90. The molecule has 2 aromatic rings. The molecular formula is C19H18Cl2O5. The number of halogens is 2. The number of rotatable bonds is 5. The highest BCUT2D eigenvalue weighted by Gasteiger charge is 2.53. The van der Waals surface area contributed by atoms with Gasteiger partial charge in [-0.1, -0.05) is 60.5 Å². The maximum atomic E-state index is 11.1. The van der Waals surface area contributed by atoms with Crippen LogP contribution in [0.4, 0.5) is 0 Å². The van der Waals surface area contributed by atoms with Crippen molar-refractivity contribution in [3.05, 3.63) is 63.1 Å². The highest BCUT2D eigenvalue weighted by molar-refractivity contribution is 6.43. The Hall–Kier alpha value is -1.79. The summed E-state index contributed by atoms with van der Waals surface area (Å²) in [6.45, 7) is 1.29. The van der Waals surface area contributed by atoms with E-state index in [9.17, 15) is 15.0 Å². The molecule has 0 amide bonds. The molecule has 0 saturated carbocycles. The fraction of sp³-hybridized carbons (Fsp3) is 0.316. The first-order valence-electron chi connectivity index (χ1n) is 8.12. The van der Waals surface area contributed by atoms with Crippen molar-refractivity contribution in [2.45, 2.75) is 31.0 Å². The van der Waals surface area contributed by atoms with Crippen LogP contribution in [0, 0.1) is 0 Å². The van der Waals surface area contributed by atoms with Crippen LogP contribution < -0.4 is 4.74 Å². The third-order valence-electron chi connectivity index (χ3n) is 5.03. The largest absolute Gasteiger partial charge is 0.480 e. The zero-order chi connectivity index (χ0) is 19.1. The molecule has 2 aromatic carbocycles. The number of carbonyl (C=O) groups is 1. The summed E-state index contributed by atoms with van der Waals surface area (Å²) in [5.41, 5.74) is 0.525. The Kier molecular flexibility index (Phi) is 5.17.